The maximum Gasteiger partial charge on any atom is 0.246 e. The molecule has 27 heavy (non-hydrogen) atoms. The molecule has 136 valence electrons. The summed E-state index contributed by atoms with van der Waals surface area (Å²) in [4.78, 5) is 18.9. The first-order valence-electron chi connectivity index (χ1n) is 9.34. The van der Waals surface area contributed by atoms with Gasteiger partial charge in [-0.2, -0.15) is 0 Å². The second-order valence-corrected chi connectivity index (χ2v) is 6.75. The average Bonchev–Trinajstić information content (AvgIpc) is 3.16. The molecule has 1 amide bonds. The molecule has 0 bridgehead atoms. The Morgan fingerprint density at radius 1 is 1.00 bits per heavy atom. The number of likely N-dealkylation sites (tertiary alicyclic amines) is 1. The van der Waals surface area contributed by atoms with E-state index in [1.807, 2.05) is 77.7 Å². The molecule has 2 heterocycles. The van der Waals surface area contributed by atoms with Gasteiger partial charge >= 0.3 is 0 Å². The molecule has 0 unspecified atom stereocenters. The van der Waals surface area contributed by atoms with Crippen LogP contribution < -0.4 is 0 Å². The number of carbonyl (C=O) groups is 1. The summed E-state index contributed by atoms with van der Waals surface area (Å²) in [6.45, 7) is 1.46. The number of nitrogens with zero attached hydrogens (tertiary/aromatic N) is 2. The van der Waals surface area contributed by atoms with Crippen LogP contribution in [-0.4, -0.2) is 28.9 Å². The van der Waals surface area contributed by atoms with Gasteiger partial charge in [-0.3, -0.25) is 4.79 Å². The minimum atomic E-state index is 0.0590. The number of allylic oxidation sites excluding steroid dienone is 2. The van der Waals surface area contributed by atoms with Gasteiger partial charge < -0.3 is 9.32 Å². The molecular formula is C23H22N2O2. The summed E-state index contributed by atoms with van der Waals surface area (Å²) in [7, 11) is 0. The SMILES string of the molecule is O=C(C=CC=Cc1ccccc1)N1CCC(c2nc3ccccc3o2)CC1. The lowest BCUT2D eigenvalue weighted by Gasteiger charge is -2.29. The van der Waals surface area contributed by atoms with Crippen LogP contribution in [-0.2, 0) is 4.79 Å². The van der Waals surface area contributed by atoms with Gasteiger partial charge in [-0.05, 0) is 30.5 Å². The maximum atomic E-state index is 12.4. The zero-order chi connectivity index (χ0) is 18.5. The molecule has 4 rings (SSSR count). The highest BCUT2D eigenvalue weighted by Crippen LogP contribution is 2.29. The van der Waals surface area contributed by atoms with Crippen LogP contribution in [0.5, 0.6) is 0 Å². The van der Waals surface area contributed by atoms with Gasteiger partial charge in [0.1, 0.15) is 5.52 Å². The van der Waals surface area contributed by atoms with Crippen molar-refractivity contribution in [1.82, 2.24) is 9.88 Å². The highest BCUT2D eigenvalue weighted by Gasteiger charge is 2.26. The van der Waals surface area contributed by atoms with Crippen molar-refractivity contribution < 1.29 is 9.21 Å². The monoisotopic (exact) mass is 358 g/mol. The van der Waals surface area contributed by atoms with Crippen molar-refractivity contribution in [3.05, 3.63) is 84.3 Å². The van der Waals surface area contributed by atoms with Crippen LogP contribution in [0.25, 0.3) is 17.2 Å². The second-order valence-electron chi connectivity index (χ2n) is 6.75. The fourth-order valence-corrected chi connectivity index (χ4v) is 3.39. The van der Waals surface area contributed by atoms with Crippen LogP contribution in [0.2, 0.25) is 0 Å². The van der Waals surface area contributed by atoms with E-state index in [0.29, 0.717) is 0 Å². The minimum Gasteiger partial charge on any atom is -0.440 e. The van der Waals surface area contributed by atoms with E-state index in [1.165, 1.54) is 0 Å². The lowest BCUT2D eigenvalue weighted by molar-refractivity contribution is -0.127. The molecule has 2 aromatic carbocycles. The number of benzene rings is 2. The Bertz CT molecular complexity index is 931. The Morgan fingerprint density at radius 2 is 1.74 bits per heavy atom. The second kappa shape index (κ2) is 8.04. The Morgan fingerprint density at radius 3 is 2.52 bits per heavy atom. The number of hydrogen-bond donors (Lipinski definition) is 0. The van der Waals surface area contributed by atoms with E-state index in [0.717, 1.165) is 48.5 Å². The number of rotatable bonds is 4. The zero-order valence-corrected chi connectivity index (χ0v) is 15.1. The summed E-state index contributed by atoms with van der Waals surface area (Å²) >= 11 is 0. The fourth-order valence-electron chi connectivity index (χ4n) is 3.39. The van der Waals surface area contributed by atoms with Gasteiger partial charge in [-0.25, -0.2) is 4.98 Å². The molecule has 3 aromatic rings. The van der Waals surface area contributed by atoms with Crippen molar-refractivity contribution >= 4 is 23.1 Å². The topological polar surface area (TPSA) is 46.3 Å². The quantitative estimate of drug-likeness (QED) is 0.497. The highest BCUT2D eigenvalue weighted by molar-refractivity contribution is 5.88. The number of aromatic nitrogens is 1. The Balaban J connectivity index is 1.31. The van der Waals surface area contributed by atoms with Crippen LogP contribution in [0.4, 0.5) is 0 Å². The third kappa shape index (κ3) is 4.17. The smallest absolute Gasteiger partial charge is 0.246 e. The molecule has 0 N–H and O–H groups in total. The van der Waals surface area contributed by atoms with Crippen LogP contribution >= 0.6 is 0 Å². The third-order valence-corrected chi connectivity index (χ3v) is 4.90. The number of amides is 1. The van der Waals surface area contributed by atoms with Crippen molar-refractivity contribution in [3.8, 4) is 0 Å². The number of piperidine rings is 1. The molecule has 1 aliphatic rings. The van der Waals surface area contributed by atoms with Crippen LogP contribution in [0.3, 0.4) is 0 Å². The van der Waals surface area contributed by atoms with Crippen molar-refractivity contribution in [3.63, 3.8) is 0 Å². The molecule has 1 saturated heterocycles. The standard InChI is InChI=1S/C23H22N2O2/c26-22(13-7-4-10-18-8-2-1-3-9-18)25-16-14-19(15-17-25)23-24-20-11-5-6-12-21(20)27-23/h1-13,19H,14-17H2. The van der Waals surface area contributed by atoms with Gasteiger partial charge in [0, 0.05) is 25.1 Å². The molecule has 4 heteroatoms. The normalized spacial score (nSPS) is 15.9. The fraction of sp³-hybridized carbons (Fsp3) is 0.217. The number of fused-ring (bicyclic) bond motifs is 1. The molecule has 0 aliphatic carbocycles. The predicted molar refractivity (Wildman–Crippen MR) is 107 cm³/mol. The number of para-hydroxylation sites is 2. The number of oxazole rings is 1. The molecular weight excluding hydrogens is 336 g/mol. The van der Waals surface area contributed by atoms with E-state index >= 15 is 0 Å². The van der Waals surface area contributed by atoms with Gasteiger partial charge in [0.05, 0.1) is 0 Å². The van der Waals surface area contributed by atoms with E-state index < -0.39 is 0 Å². The molecule has 1 aliphatic heterocycles. The zero-order valence-electron chi connectivity index (χ0n) is 15.1. The number of hydrogen-bond acceptors (Lipinski definition) is 3. The first-order valence-corrected chi connectivity index (χ1v) is 9.34. The highest BCUT2D eigenvalue weighted by atomic mass is 16.3. The van der Waals surface area contributed by atoms with Crippen molar-refractivity contribution in [2.75, 3.05) is 13.1 Å². The van der Waals surface area contributed by atoms with E-state index in [1.54, 1.807) is 6.08 Å². The first kappa shape index (κ1) is 17.3. The molecule has 0 spiro atoms. The molecule has 0 saturated carbocycles. The molecule has 0 atom stereocenters. The van der Waals surface area contributed by atoms with Crippen molar-refractivity contribution in [2.45, 2.75) is 18.8 Å². The van der Waals surface area contributed by atoms with Gasteiger partial charge in [0.25, 0.3) is 0 Å². The van der Waals surface area contributed by atoms with Crippen LogP contribution in [0.1, 0.15) is 30.2 Å². The summed E-state index contributed by atoms with van der Waals surface area (Å²) in [6, 6.07) is 17.9. The molecule has 0 radical (unpaired) electrons. The van der Waals surface area contributed by atoms with Gasteiger partial charge in [0.15, 0.2) is 11.5 Å². The maximum absolute atomic E-state index is 12.4. The van der Waals surface area contributed by atoms with E-state index in [4.69, 9.17) is 4.42 Å². The predicted octanol–water partition coefficient (Wildman–Crippen LogP) is 4.80. The summed E-state index contributed by atoms with van der Waals surface area (Å²) in [6.07, 6.45) is 9.10. The van der Waals surface area contributed by atoms with Crippen molar-refractivity contribution in [2.24, 2.45) is 0 Å². The largest absolute Gasteiger partial charge is 0.440 e. The molecule has 4 nitrogen and oxygen atoms in total. The lowest BCUT2D eigenvalue weighted by Crippen LogP contribution is -2.36. The molecule has 1 aromatic heterocycles. The summed E-state index contributed by atoms with van der Waals surface area (Å²) in [5, 5.41) is 0. The summed E-state index contributed by atoms with van der Waals surface area (Å²) in [5.74, 6) is 1.14. The van der Waals surface area contributed by atoms with Gasteiger partial charge in [0.2, 0.25) is 5.91 Å². The minimum absolute atomic E-state index is 0.0590. The Hall–Kier alpha value is -3.14. The van der Waals surface area contributed by atoms with E-state index in [9.17, 15) is 4.79 Å². The van der Waals surface area contributed by atoms with E-state index in [-0.39, 0.29) is 11.8 Å². The lowest BCUT2D eigenvalue weighted by atomic mass is 9.97. The summed E-state index contributed by atoms with van der Waals surface area (Å²) < 4.78 is 5.89. The van der Waals surface area contributed by atoms with Gasteiger partial charge in [-0.1, -0.05) is 60.7 Å². The van der Waals surface area contributed by atoms with Crippen molar-refractivity contribution in [1.29, 1.82) is 0 Å². The summed E-state index contributed by atoms with van der Waals surface area (Å²) in [5.41, 5.74) is 2.85. The van der Waals surface area contributed by atoms with Gasteiger partial charge in [-0.15, -0.1) is 0 Å². The average molecular weight is 358 g/mol. The Kier molecular flexibility index (Phi) is 5.15. The van der Waals surface area contributed by atoms with Crippen LogP contribution in [0.15, 0.2) is 77.2 Å². The third-order valence-electron chi connectivity index (χ3n) is 4.90. The Labute approximate surface area is 158 Å². The number of carbonyl (C=O) groups excluding carboxylic acids is 1. The first-order chi connectivity index (χ1) is 13.3. The van der Waals surface area contributed by atoms with Crippen LogP contribution in [0, 0.1) is 0 Å². The van der Waals surface area contributed by atoms with E-state index in [2.05, 4.69) is 4.98 Å². The molecule has 1 fully saturated rings.